The lowest BCUT2D eigenvalue weighted by Gasteiger charge is -2.32. The third-order valence-corrected chi connectivity index (χ3v) is 4.93. The molecule has 0 bridgehead atoms. The van der Waals surface area contributed by atoms with Crippen LogP contribution in [0.5, 0.6) is 11.5 Å². The molecule has 144 valence electrons. The molecule has 0 aliphatic carbocycles. The van der Waals surface area contributed by atoms with Crippen LogP contribution in [0.15, 0.2) is 60.7 Å². The number of hydrogen-bond donors (Lipinski definition) is 1. The first-order valence-corrected chi connectivity index (χ1v) is 9.87. The van der Waals surface area contributed by atoms with E-state index < -0.39 is 0 Å². The maximum absolute atomic E-state index is 6.04. The fourth-order valence-electron chi connectivity index (χ4n) is 3.56. The molecule has 0 spiro atoms. The van der Waals surface area contributed by atoms with Crippen LogP contribution in [-0.2, 0) is 0 Å². The molecule has 2 heterocycles. The monoisotopic (exact) mass is 374 g/mol. The first kappa shape index (κ1) is 18.3. The summed E-state index contributed by atoms with van der Waals surface area (Å²) < 4.78 is 6.04. The molecule has 2 aromatic carbocycles. The van der Waals surface area contributed by atoms with E-state index in [0.29, 0.717) is 11.9 Å². The van der Waals surface area contributed by atoms with Crippen LogP contribution in [0.2, 0.25) is 0 Å². The van der Waals surface area contributed by atoms with Crippen LogP contribution in [-0.4, -0.2) is 23.1 Å². The van der Waals surface area contributed by atoms with Crippen LogP contribution in [0.4, 0.5) is 17.5 Å². The molecule has 0 radical (unpaired) electrons. The van der Waals surface area contributed by atoms with Gasteiger partial charge in [-0.15, -0.1) is 0 Å². The minimum Gasteiger partial charge on any atom is -0.455 e. The predicted octanol–water partition coefficient (Wildman–Crippen LogP) is 5.56. The molecule has 1 unspecified atom stereocenters. The average molecular weight is 374 g/mol. The van der Waals surface area contributed by atoms with Gasteiger partial charge < -0.3 is 15.0 Å². The summed E-state index contributed by atoms with van der Waals surface area (Å²) in [5.41, 5.74) is 1.79. The fraction of sp³-hybridized carbons (Fsp3) is 0.304. The van der Waals surface area contributed by atoms with Crippen LogP contribution in [0.1, 0.15) is 25.5 Å². The van der Waals surface area contributed by atoms with Gasteiger partial charge in [-0.2, -0.15) is 4.98 Å². The Labute approximate surface area is 166 Å². The second-order valence-electron chi connectivity index (χ2n) is 7.42. The zero-order valence-electron chi connectivity index (χ0n) is 16.4. The second kappa shape index (κ2) is 8.30. The lowest BCUT2D eigenvalue weighted by molar-refractivity contribution is 0.444. The topological polar surface area (TPSA) is 50.3 Å². The number of para-hydroxylation sites is 3. The molecule has 1 saturated heterocycles. The van der Waals surface area contributed by atoms with Crippen molar-refractivity contribution in [2.45, 2.75) is 26.7 Å². The van der Waals surface area contributed by atoms with E-state index in [4.69, 9.17) is 9.72 Å². The van der Waals surface area contributed by atoms with Crippen LogP contribution in [0.3, 0.4) is 0 Å². The number of anilines is 3. The molecule has 1 fully saturated rings. The van der Waals surface area contributed by atoms with Gasteiger partial charge in [0.1, 0.15) is 11.6 Å². The van der Waals surface area contributed by atoms with Crippen molar-refractivity contribution in [2.24, 2.45) is 5.92 Å². The molecular formula is C23H26N4O. The molecule has 4 rings (SSSR count). The van der Waals surface area contributed by atoms with Crippen LogP contribution in [0.25, 0.3) is 0 Å². The Bertz CT molecular complexity index is 929. The standard InChI is InChI=1S/C23H26N4O/c1-17-9-8-14-27(16-17)22-15-18(2)24-23(26-22)25-20-12-6-7-13-21(20)28-19-10-4-3-5-11-19/h3-7,10-13,15,17H,8-9,14,16H2,1-2H3,(H,24,25,26). The Morgan fingerprint density at radius 3 is 2.64 bits per heavy atom. The van der Waals surface area contributed by atoms with Crippen molar-refractivity contribution in [1.82, 2.24) is 9.97 Å². The van der Waals surface area contributed by atoms with Gasteiger partial charge in [0, 0.05) is 24.8 Å². The number of nitrogens with zero attached hydrogens (tertiary/aromatic N) is 3. The minimum atomic E-state index is 0.595. The highest BCUT2D eigenvalue weighted by Gasteiger charge is 2.19. The average Bonchev–Trinajstić information content (AvgIpc) is 2.70. The molecule has 0 amide bonds. The van der Waals surface area contributed by atoms with E-state index in [-0.39, 0.29) is 0 Å². The molecule has 0 saturated carbocycles. The number of benzene rings is 2. The number of aromatic nitrogens is 2. The van der Waals surface area contributed by atoms with Crippen LogP contribution in [0, 0.1) is 12.8 Å². The van der Waals surface area contributed by atoms with Crippen molar-refractivity contribution in [1.29, 1.82) is 0 Å². The van der Waals surface area contributed by atoms with Gasteiger partial charge in [-0.05, 0) is 49.9 Å². The lowest BCUT2D eigenvalue weighted by Crippen LogP contribution is -2.35. The highest BCUT2D eigenvalue weighted by Crippen LogP contribution is 2.31. The minimum absolute atomic E-state index is 0.595. The molecule has 5 heteroatoms. The number of nitrogens with one attached hydrogen (secondary N) is 1. The number of rotatable bonds is 5. The molecule has 1 aromatic heterocycles. The van der Waals surface area contributed by atoms with Gasteiger partial charge in [-0.25, -0.2) is 4.98 Å². The Kier molecular flexibility index (Phi) is 5.42. The van der Waals surface area contributed by atoms with Gasteiger partial charge in [0.05, 0.1) is 5.69 Å². The Morgan fingerprint density at radius 1 is 1.04 bits per heavy atom. The summed E-state index contributed by atoms with van der Waals surface area (Å²) in [5.74, 6) is 3.82. The fourth-order valence-corrected chi connectivity index (χ4v) is 3.56. The van der Waals surface area contributed by atoms with Crippen molar-refractivity contribution < 1.29 is 4.74 Å². The van der Waals surface area contributed by atoms with Gasteiger partial charge in [0.15, 0.2) is 5.75 Å². The quantitative estimate of drug-likeness (QED) is 0.634. The maximum Gasteiger partial charge on any atom is 0.229 e. The van der Waals surface area contributed by atoms with Crippen molar-refractivity contribution in [2.75, 3.05) is 23.3 Å². The van der Waals surface area contributed by atoms with Crippen molar-refractivity contribution >= 4 is 17.5 Å². The number of piperidine rings is 1. The van der Waals surface area contributed by atoms with Gasteiger partial charge >= 0.3 is 0 Å². The van der Waals surface area contributed by atoms with E-state index in [0.717, 1.165) is 41.8 Å². The number of ether oxygens (including phenoxy) is 1. The highest BCUT2D eigenvalue weighted by molar-refractivity contribution is 5.64. The van der Waals surface area contributed by atoms with E-state index in [1.54, 1.807) is 0 Å². The zero-order chi connectivity index (χ0) is 19.3. The van der Waals surface area contributed by atoms with E-state index >= 15 is 0 Å². The Hall–Kier alpha value is -3.08. The summed E-state index contributed by atoms with van der Waals surface area (Å²) in [5, 5.41) is 3.35. The summed E-state index contributed by atoms with van der Waals surface area (Å²) in [6.45, 7) is 6.41. The molecule has 1 atom stereocenters. The number of aryl methyl sites for hydroxylation is 1. The lowest BCUT2D eigenvalue weighted by atomic mass is 10.0. The molecule has 1 aliphatic rings. The highest BCUT2D eigenvalue weighted by atomic mass is 16.5. The van der Waals surface area contributed by atoms with E-state index in [2.05, 4.69) is 28.2 Å². The molecular weight excluding hydrogens is 348 g/mol. The van der Waals surface area contributed by atoms with E-state index in [9.17, 15) is 0 Å². The van der Waals surface area contributed by atoms with E-state index in [1.807, 2.05) is 61.5 Å². The van der Waals surface area contributed by atoms with Crippen molar-refractivity contribution in [3.63, 3.8) is 0 Å². The van der Waals surface area contributed by atoms with Crippen molar-refractivity contribution in [3.8, 4) is 11.5 Å². The molecule has 1 aliphatic heterocycles. The Balaban J connectivity index is 1.58. The molecule has 28 heavy (non-hydrogen) atoms. The second-order valence-corrected chi connectivity index (χ2v) is 7.42. The smallest absolute Gasteiger partial charge is 0.229 e. The summed E-state index contributed by atoms with van der Waals surface area (Å²) in [6, 6.07) is 19.7. The van der Waals surface area contributed by atoms with Crippen LogP contribution < -0.4 is 15.0 Å². The third kappa shape index (κ3) is 4.42. The Morgan fingerprint density at radius 2 is 1.82 bits per heavy atom. The summed E-state index contributed by atoms with van der Waals surface area (Å²) in [4.78, 5) is 11.7. The van der Waals surface area contributed by atoms with E-state index in [1.165, 1.54) is 12.8 Å². The van der Waals surface area contributed by atoms with Gasteiger partial charge in [0.25, 0.3) is 0 Å². The molecule has 5 nitrogen and oxygen atoms in total. The van der Waals surface area contributed by atoms with Crippen molar-refractivity contribution in [3.05, 3.63) is 66.4 Å². The van der Waals surface area contributed by atoms with Gasteiger partial charge in [-0.1, -0.05) is 37.3 Å². The maximum atomic E-state index is 6.04. The zero-order valence-corrected chi connectivity index (χ0v) is 16.4. The molecule has 3 aromatic rings. The summed E-state index contributed by atoms with van der Waals surface area (Å²) in [6.07, 6.45) is 2.50. The first-order valence-electron chi connectivity index (χ1n) is 9.87. The SMILES string of the molecule is Cc1cc(N2CCCC(C)C2)nc(Nc2ccccc2Oc2ccccc2)n1. The first-order chi connectivity index (χ1) is 13.7. The summed E-state index contributed by atoms with van der Waals surface area (Å²) in [7, 11) is 0. The van der Waals surface area contributed by atoms with Crippen LogP contribution >= 0.6 is 0 Å². The number of hydrogen-bond acceptors (Lipinski definition) is 5. The third-order valence-electron chi connectivity index (χ3n) is 4.93. The van der Waals surface area contributed by atoms with Gasteiger partial charge in [-0.3, -0.25) is 0 Å². The normalized spacial score (nSPS) is 16.6. The molecule has 1 N–H and O–H groups in total. The largest absolute Gasteiger partial charge is 0.455 e. The predicted molar refractivity (Wildman–Crippen MR) is 114 cm³/mol. The summed E-state index contributed by atoms with van der Waals surface area (Å²) >= 11 is 0. The van der Waals surface area contributed by atoms with Gasteiger partial charge in [0.2, 0.25) is 5.95 Å².